The van der Waals surface area contributed by atoms with Crippen LogP contribution < -0.4 is 5.73 Å². The smallest absolute Gasteiger partial charge is 0.0643 e. The average Bonchev–Trinajstić information content (AvgIpc) is 2.95. The van der Waals surface area contributed by atoms with Gasteiger partial charge in [0.15, 0.2) is 0 Å². The number of nitrogens with zero attached hydrogens (tertiary/aromatic N) is 2. The number of rotatable bonds is 4. The maximum absolute atomic E-state index is 6.43. The van der Waals surface area contributed by atoms with Gasteiger partial charge in [-0.15, -0.1) is 0 Å². The van der Waals surface area contributed by atoms with Crippen LogP contribution in [-0.2, 0) is 6.42 Å². The zero-order valence-corrected chi connectivity index (χ0v) is 12.5. The van der Waals surface area contributed by atoms with Gasteiger partial charge in [0.1, 0.15) is 0 Å². The van der Waals surface area contributed by atoms with E-state index in [0.717, 1.165) is 12.1 Å². The molecule has 1 aromatic heterocycles. The van der Waals surface area contributed by atoms with Crippen molar-refractivity contribution in [3.8, 4) is 0 Å². The van der Waals surface area contributed by atoms with Crippen LogP contribution >= 0.6 is 0 Å². The van der Waals surface area contributed by atoms with E-state index in [9.17, 15) is 0 Å². The Kier molecular flexibility index (Phi) is 3.76. The highest BCUT2D eigenvalue weighted by Crippen LogP contribution is 2.25. The highest BCUT2D eigenvalue weighted by molar-refractivity contribution is 5.86. The third-order valence-corrected chi connectivity index (χ3v) is 3.84. The lowest BCUT2D eigenvalue weighted by atomic mass is 9.96. The summed E-state index contributed by atoms with van der Waals surface area (Å²) in [6, 6.07) is 17.1. The van der Waals surface area contributed by atoms with E-state index in [1.54, 1.807) is 0 Å². The molecular weight excluding hydrogens is 258 g/mol. The fraction of sp³-hybridized carbons (Fsp3) is 0.278. The SMILES string of the molecule is CC(C)n1ccc(CC(N)c2cccc3ccccc23)n1. The predicted octanol–water partition coefficient (Wildman–Crippen LogP) is 3.86. The molecule has 1 unspecified atom stereocenters. The van der Waals surface area contributed by atoms with Crippen LogP contribution in [0.25, 0.3) is 10.8 Å². The van der Waals surface area contributed by atoms with E-state index in [4.69, 9.17) is 5.73 Å². The van der Waals surface area contributed by atoms with Gasteiger partial charge in [-0.25, -0.2) is 0 Å². The molecule has 1 heterocycles. The van der Waals surface area contributed by atoms with E-state index in [1.807, 2.05) is 10.9 Å². The van der Waals surface area contributed by atoms with E-state index in [0.29, 0.717) is 6.04 Å². The molecule has 0 fully saturated rings. The van der Waals surface area contributed by atoms with Crippen molar-refractivity contribution < 1.29 is 0 Å². The molecule has 21 heavy (non-hydrogen) atoms. The normalized spacial score (nSPS) is 13.0. The van der Waals surface area contributed by atoms with Crippen molar-refractivity contribution in [2.75, 3.05) is 0 Å². The highest BCUT2D eigenvalue weighted by Gasteiger charge is 2.12. The average molecular weight is 279 g/mol. The minimum absolute atomic E-state index is 0.0355. The zero-order chi connectivity index (χ0) is 14.8. The summed E-state index contributed by atoms with van der Waals surface area (Å²) in [6.45, 7) is 4.25. The van der Waals surface area contributed by atoms with Gasteiger partial charge in [-0.1, -0.05) is 42.5 Å². The molecule has 0 amide bonds. The van der Waals surface area contributed by atoms with Crippen molar-refractivity contribution in [3.05, 3.63) is 66.0 Å². The van der Waals surface area contributed by atoms with Crippen molar-refractivity contribution in [1.29, 1.82) is 0 Å². The van der Waals surface area contributed by atoms with E-state index in [-0.39, 0.29) is 6.04 Å². The third-order valence-electron chi connectivity index (χ3n) is 3.84. The first-order valence-corrected chi connectivity index (χ1v) is 7.42. The maximum Gasteiger partial charge on any atom is 0.0643 e. The molecule has 1 atom stereocenters. The number of hydrogen-bond donors (Lipinski definition) is 1. The lowest BCUT2D eigenvalue weighted by Gasteiger charge is -2.14. The van der Waals surface area contributed by atoms with Crippen LogP contribution in [-0.4, -0.2) is 9.78 Å². The molecule has 3 heteroatoms. The van der Waals surface area contributed by atoms with Gasteiger partial charge in [0.2, 0.25) is 0 Å². The number of hydrogen-bond acceptors (Lipinski definition) is 2. The monoisotopic (exact) mass is 279 g/mol. The summed E-state index contributed by atoms with van der Waals surface area (Å²) in [7, 11) is 0. The van der Waals surface area contributed by atoms with Crippen molar-refractivity contribution in [3.63, 3.8) is 0 Å². The first kappa shape index (κ1) is 13.8. The quantitative estimate of drug-likeness (QED) is 0.788. The van der Waals surface area contributed by atoms with Crippen molar-refractivity contribution in [1.82, 2.24) is 9.78 Å². The van der Waals surface area contributed by atoms with Gasteiger partial charge in [0.05, 0.1) is 5.69 Å². The Hall–Kier alpha value is -2.13. The Labute approximate surface area is 125 Å². The number of aromatic nitrogens is 2. The predicted molar refractivity (Wildman–Crippen MR) is 87.2 cm³/mol. The second-order valence-electron chi connectivity index (χ2n) is 5.76. The van der Waals surface area contributed by atoms with Crippen LogP contribution in [0, 0.1) is 0 Å². The fourth-order valence-corrected chi connectivity index (χ4v) is 2.68. The Balaban J connectivity index is 1.88. The molecule has 0 radical (unpaired) electrons. The van der Waals surface area contributed by atoms with Gasteiger partial charge in [-0.3, -0.25) is 4.68 Å². The number of nitrogens with two attached hydrogens (primary N) is 1. The van der Waals surface area contributed by atoms with Crippen LogP contribution in [0.1, 0.15) is 37.2 Å². The van der Waals surface area contributed by atoms with Gasteiger partial charge in [0.25, 0.3) is 0 Å². The van der Waals surface area contributed by atoms with Gasteiger partial charge in [0, 0.05) is 24.7 Å². The zero-order valence-electron chi connectivity index (χ0n) is 12.5. The summed E-state index contributed by atoms with van der Waals surface area (Å²) in [5, 5.41) is 7.06. The number of benzene rings is 2. The summed E-state index contributed by atoms with van der Waals surface area (Å²) >= 11 is 0. The lowest BCUT2D eigenvalue weighted by molar-refractivity contribution is 0.523. The third kappa shape index (κ3) is 2.83. The minimum Gasteiger partial charge on any atom is -0.324 e. The minimum atomic E-state index is -0.0355. The van der Waals surface area contributed by atoms with Crippen LogP contribution in [0.3, 0.4) is 0 Å². The lowest BCUT2D eigenvalue weighted by Crippen LogP contribution is -2.14. The second kappa shape index (κ2) is 5.70. The van der Waals surface area contributed by atoms with Gasteiger partial charge < -0.3 is 5.73 Å². The standard InChI is InChI=1S/C18H21N3/c1-13(2)21-11-10-15(20-21)12-18(19)17-9-5-7-14-6-3-4-8-16(14)17/h3-11,13,18H,12,19H2,1-2H3. The molecule has 3 rings (SSSR count). The first-order chi connectivity index (χ1) is 10.1. The van der Waals surface area contributed by atoms with E-state index in [1.165, 1.54) is 16.3 Å². The summed E-state index contributed by atoms with van der Waals surface area (Å²) in [5.74, 6) is 0. The Morgan fingerprint density at radius 2 is 1.81 bits per heavy atom. The molecule has 108 valence electrons. The van der Waals surface area contributed by atoms with E-state index < -0.39 is 0 Å². The van der Waals surface area contributed by atoms with Crippen LogP contribution in [0.5, 0.6) is 0 Å². The van der Waals surface area contributed by atoms with Gasteiger partial charge in [-0.05, 0) is 36.2 Å². The molecule has 0 aliphatic carbocycles. The summed E-state index contributed by atoms with van der Waals surface area (Å²) in [5.41, 5.74) is 8.66. The first-order valence-electron chi connectivity index (χ1n) is 7.42. The fourth-order valence-electron chi connectivity index (χ4n) is 2.68. The molecule has 2 N–H and O–H groups in total. The molecule has 0 aliphatic heterocycles. The largest absolute Gasteiger partial charge is 0.324 e. The van der Waals surface area contributed by atoms with Crippen molar-refractivity contribution in [2.24, 2.45) is 5.73 Å². The molecule has 0 saturated carbocycles. The topological polar surface area (TPSA) is 43.8 Å². The highest BCUT2D eigenvalue weighted by atomic mass is 15.3. The maximum atomic E-state index is 6.43. The molecule has 0 spiro atoms. The van der Waals surface area contributed by atoms with Crippen LogP contribution in [0.15, 0.2) is 54.7 Å². The summed E-state index contributed by atoms with van der Waals surface area (Å²) in [4.78, 5) is 0. The van der Waals surface area contributed by atoms with Gasteiger partial charge >= 0.3 is 0 Å². The molecule has 0 aliphatic rings. The molecule has 0 bridgehead atoms. The molecule has 3 aromatic rings. The van der Waals surface area contributed by atoms with Crippen LogP contribution in [0.2, 0.25) is 0 Å². The van der Waals surface area contributed by atoms with E-state index in [2.05, 4.69) is 67.5 Å². The second-order valence-corrected chi connectivity index (χ2v) is 5.76. The Morgan fingerprint density at radius 3 is 2.57 bits per heavy atom. The van der Waals surface area contributed by atoms with Gasteiger partial charge in [-0.2, -0.15) is 5.10 Å². The molecule has 0 saturated heterocycles. The van der Waals surface area contributed by atoms with E-state index >= 15 is 0 Å². The Bertz CT molecular complexity index is 738. The Morgan fingerprint density at radius 1 is 1.05 bits per heavy atom. The van der Waals surface area contributed by atoms with Crippen molar-refractivity contribution in [2.45, 2.75) is 32.4 Å². The van der Waals surface area contributed by atoms with Crippen LogP contribution in [0.4, 0.5) is 0 Å². The molecular formula is C18H21N3. The van der Waals surface area contributed by atoms with Crippen molar-refractivity contribution >= 4 is 10.8 Å². The summed E-state index contributed by atoms with van der Waals surface area (Å²) < 4.78 is 1.98. The molecule has 3 nitrogen and oxygen atoms in total. The summed E-state index contributed by atoms with van der Waals surface area (Å²) in [6.07, 6.45) is 2.78. The molecule has 2 aromatic carbocycles. The number of fused-ring (bicyclic) bond motifs is 1.